The highest BCUT2D eigenvalue weighted by Gasteiger charge is 2.38. The lowest BCUT2D eigenvalue weighted by Crippen LogP contribution is -2.40. The molecule has 0 atom stereocenters. The smallest absolute Gasteiger partial charge is 0.134 e. The quantitative estimate of drug-likeness (QED) is 0.179. The molecule has 66 heavy (non-hydrogen) atoms. The third kappa shape index (κ3) is 10.9. The van der Waals surface area contributed by atoms with Crippen LogP contribution in [0.3, 0.4) is 0 Å². The first kappa shape index (κ1) is 51.9. The molecule has 0 N–H and O–H groups in total. The SMILES string of the molecule is CC(C)(C)c1c2cccc1Oc1cccc(c1C(C)(C)C)N(C(C)(C)C)c1cccc(c1C(C)(C)C)O2.COc1cccc(N(c2cccc(OC)c2C(C)(C)C)C(C)(C)C)c1C(C)(C)C. The Morgan fingerprint density at radius 3 is 0.924 bits per heavy atom. The van der Waals surface area contributed by atoms with Gasteiger partial charge < -0.3 is 28.7 Å². The molecule has 0 radical (unpaired) electrons. The Morgan fingerprint density at radius 2 is 0.652 bits per heavy atom. The first-order valence-electron chi connectivity index (χ1n) is 23.9. The van der Waals surface area contributed by atoms with Gasteiger partial charge in [0.15, 0.2) is 0 Å². The van der Waals surface area contributed by atoms with Crippen LogP contribution in [0.1, 0.15) is 173 Å². The van der Waals surface area contributed by atoms with Gasteiger partial charge in [0.2, 0.25) is 0 Å². The fourth-order valence-electron chi connectivity index (χ4n) is 9.71. The molecule has 6 bridgehead atoms. The summed E-state index contributed by atoms with van der Waals surface area (Å²) in [4.78, 5) is 4.92. The molecule has 0 aliphatic carbocycles. The van der Waals surface area contributed by atoms with Gasteiger partial charge in [-0.05, 0) is 129 Å². The minimum atomic E-state index is -0.202. The molecule has 1 aliphatic heterocycles. The lowest BCUT2D eigenvalue weighted by Gasteiger charge is -2.44. The third-order valence-electron chi connectivity index (χ3n) is 11.9. The van der Waals surface area contributed by atoms with Gasteiger partial charge in [0, 0.05) is 61.6 Å². The van der Waals surface area contributed by atoms with Crippen LogP contribution in [0.2, 0.25) is 0 Å². The average molecular weight is 897 g/mol. The highest BCUT2D eigenvalue weighted by molar-refractivity contribution is 5.78. The van der Waals surface area contributed by atoms with Crippen LogP contribution in [0.4, 0.5) is 22.7 Å². The van der Waals surface area contributed by atoms with Gasteiger partial charge in [0.25, 0.3) is 0 Å². The first-order valence-corrected chi connectivity index (χ1v) is 23.9. The van der Waals surface area contributed by atoms with E-state index >= 15 is 0 Å². The molecule has 5 aromatic carbocycles. The summed E-state index contributed by atoms with van der Waals surface area (Å²) in [6.07, 6.45) is 0. The predicted octanol–water partition coefficient (Wildman–Crippen LogP) is 17.6. The summed E-state index contributed by atoms with van der Waals surface area (Å²) in [5.41, 5.74) is 9.53. The molecule has 0 unspecified atom stereocenters. The molecule has 0 amide bonds. The van der Waals surface area contributed by atoms with Crippen molar-refractivity contribution in [3.8, 4) is 34.5 Å². The summed E-state index contributed by atoms with van der Waals surface area (Å²) in [5, 5.41) is 0. The second-order valence-corrected chi connectivity index (χ2v) is 25.1. The van der Waals surface area contributed by atoms with Crippen molar-refractivity contribution in [3.63, 3.8) is 0 Å². The maximum atomic E-state index is 6.86. The Kier molecular flexibility index (Phi) is 14.3. The number of hydrogen-bond acceptors (Lipinski definition) is 6. The van der Waals surface area contributed by atoms with Crippen molar-refractivity contribution in [2.45, 2.75) is 184 Å². The number of ether oxygens (including phenoxy) is 4. The highest BCUT2D eigenvalue weighted by Crippen LogP contribution is 2.53. The van der Waals surface area contributed by atoms with Gasteiger partial charge in [-0.1, -0.05) is 134 Å². The fourth-order valence-corrected chi connectivity index (χ4v) is 9.71. The molecule has 1 aliphatic rings. The van der Waals surface area contributed by atoms with Crippen LogP contribution in [0, 0.1) is 0 Å². The summed E-state index contributed by atoms with van der Waals surface area (Å²) in [6.45, 7) is 47.3. The number of rotatable bonds is 4. The largest absolute Gasteiger partial charge is 0.496 e. The molecule has 0 aromatic heterocycles. The van der Waals surface area contributed by atoms with E-state index in [-0.39, 0.29) is 38.2 Å². The van der Waals surface area contributed by atoms with Crippen molar-refractivity contribution in [2.24, 2.45) is 0 Å². The Balaban J connectivity index is 0.000000256. The maximum absolute atomic E-state index is 6.86. The van der Waals surface area contributed by atoms with Crippen molar-refractivity contribution in [1.82, 2.24) is 0 Å². The van der Waals surface area contributed by atoms with Gasteiger partial charge >= 0.3 is 0 Å². The molecule has 6 heteroatoms. The number of fused-ring (bicyclic) bond motifs is 6. The summed E-state index contributed by atoms with van der Waals surface area (Å²) in [7, 11) is 3.50. The summed E-state index contributed by atoms with van der Waals surface area (Å²) >= 11 is 0. The zero-order chi connectivity index (χ0) is 49.7. The zero-order valence-electron chi connectivity index (χ0n) is 45.2. The molecule has 358 valence electrons. The topological polar surface area (TPSA) is 43.4 Å². The van der Waals surface area contributed by atoms with Crippen molar-refractivity contribution in [2.75, 3.05) is 24.0 Å². The standard InChI is InChI=1S/C34H45NO2.C26H39NO2/c1-31(2,3)28-22-16-13-18-24(28)36-26-20-15-21-27(30(26)33(7,8)9)37-25-19-14-17-23(29(25)32(4,5)6)35(22)34(10,11)12;1-24(2,3)22-18(14-12-16-20(22)28-10)27(26(7,8)9)19-15-13-17-21(29-11)23(19)25(4,5)6/h13-21H,1-12H3;12-17H,1-11H3. The van der Waals surface area contributed by atoms with Crippen molar-refractivity contribution in [1.29, 1.82) is 0 Å². The molecule has 5 aromatic rings. The van der Waals surface area contributed by atoms with Crippen LogP contribution < -0.4 is 28.7 Å². The normalized spacial score (nSPS) is 13.6. The van der Waals surface area contributed by atoms with E-state index in [1.165, 1.54) is 33.6 Å². The average Bonchev–Trinajstić information content (AvgIpc) is 3.14. The minimum Gasteiger partial charge on any atom is -0.496 e. The first-order chi connectivity index (χ1) is 30.1. The number of methoxy groups -OCH3 is 2. The molecule has 0 spiro atoms. The second-order valence-electron chi connectivity index (χ2n) is 25.1. The van der Waals surface area contributed by atoms with Crippen LogP contribution in [-0.4, -0.2) is 25.3 Å². The maximum Gasteiger partial charge on any atom is 0.134 e. The van der Waals surface area contributed by atoms with Gasteiger partial charge in [0.1, 0.15) is 34.5 Å². The molecule has 1 heterocycles. The van der Waals surface area contributed by atoms with Crippen LogP contribution in [0.5, 0.6) is 34.5 Å². The van der Waals surface area contributed by atoms with E-state index in [0.29, 0.717) is 0 Å². The van der Waals surface area contributed by atoms with Crippen molar-refractivity contribution < 1.29 is 18.9 Å². The molecular formula is C60H84N2O4. The van der Waals surface area contributed by atoms with E-state index in [1.54, 1.807) is 14.2 Å². The number of hydrogen-bond donors (Lipinski definition) is 0. The number of nitrogens with zero attached hydrogens (tertiary/aromatic N) is 2. The molecule has 0 saturated carbocycles. The summed E-state index contributed by atoms with van der Waals surface area (Å²) in [5.74, 6) is 5.29. The fraction of sp³-hybridized carbons (Fsp3) is 0.500. The Bertz CT molecular complexity index is 2350. The van der Waals surface area contributed by atoms with E-state index in [9.17, 15) is 0 Å². The molecule has 6 nitrogen and oxygen atoms in total. The molecule has 0 fully saturated rings. The van der Waals surface area contributed by atoms with Gasteiger partial charge in [-0.3, -0.25) is 0 Å². The summed E-state index contributed by atoms with van der Waals surface area (Å²) in [6, 6.07) is 31.8. The Labute approximate surface area is 401 Å². The second kappa shape index (κ2) is 18.2. The van der Waals surface area contributed by atoms with Crippen LogP contribution >= 0.6 is 0 Å². The lowest BCUT2D eigenvalue weighted by atomic mass is 9.81. The van der Waals surface area contributed by atoms with Crippen LogP contribution in [0.25, 0.3) is 0 Å². The van der Waals surface area contributed by atoms with E-state index in [1.807, 2.05) is 6.07 Å². The van der Waals surface area contributed by atoms with Gasteiger partial charge in [-0.2, -0.15) is 0 Å². The molecule has 0 saturated heterocycles. The lowest BCUT2D eigenvalue weighted by molar-refractivity contribution is 0.395. The predicted molar refractivity (Wildman–Crippen MR) is 283 cm³/mol. The zero-order valence-corrected chi connectivity index (χ0v) is 45.2. The van der Waals surface area contributed by atoms with Crippen LogP contribution in [-0.2, 0) is 27.1 Å². The highest BCUT2D eigenvalue weighted by atomic mass is 16.5. The summed E-state index contributed by atoms with van der Waals surface area (Å²) < 4.78 is 25.3. The van der Waals surface area contributed by atoms with Gasteiger partial charge in [0.05, 0.1) is 14.2 Å². The van der Waals surface area contributed by atoms with E-state index in [4.69, 9.17) is 18.9 Å². The number of benzene rings is 5. The Hall–Kier alpha value is -5.10. The van der Waals surface area contributed by atoms with Crippen molar-refractivity contribution in [3.05, 3.63) is 119 Å². The van der Waals surface area contributed by atoms with Gasteiger partial charge in [-0.25, -0.2) is 0 Å². The molecular weight excluding hydrogens is 813 g/mol. The monoisotopic (exact) mass is 897 g/mol. The van der Waals surface area contributed by atoms with E-state index in [2.05, 4.69) is 240 Å². The third-order valence-corrected chi connectivity index (χ3v) is 11.9. The van der Waals surface area contributed by atoms with E-state index < -0.39 is 0 Å². The Morgan fingerprint density at radius 1 is 0.364 bits per heavy atom. The molecule has 6 rings (SSSR count). The number of anilines is 4. The van der Waals surface area contributed by atoms with E-state index in [0.717, 1.165) is 51.4 Å². The minimum absolute atomic E-state index is 0.0772. The van der Waals surface area contributed by atoms with Crippen molar-refractivity contribution >= 4 is 22.7 Å². The van der Waals surface area contributed by atoms with Crippen LogP contribution in [0.15, 0.2) is 91.0 Å². The van der Waals surface area contributed by atoms with Gasteiger partial charge in [-0.15, -0.1) is 0 Å².